The van der Waals surface area contributed by atoms with Crippen LogP contribution >= 0.6 is 23.4 Å². The van der Waals surface area contributed by atoms with E-state index in [4.69, 9.17) is 11.6 Å². The Balaban J connectivity index is 2.73. The molecule has 0 nitrogen and oxygen atoms in total. The molecule has 1 aromatic rings. The number of benzene rings is 1. The Bertz CT molecular complexity index is 372. The predicted molar refractivity (Wildman–Crippen MR) is 56.0 cm³/mol. The molecular weight excluding hydrogens is 245 g/mol. The molecule has 0 radical (unpaired) electrons. The highest BCUT2D eigenvalue weighted by Gasteiger charge is 2.28. The predicted octanol–water partition coefficient (Wildman–Crippen LogP) is 3.89. The highest BCUT2D eigenvalue weighted by atomic mass is 35.5. The van der Waals surface area contributed by atoms with Crippen molar-refractivity contribution in [2.75, 3.05) is 5.88 Å². The van der Waals surface area contributed by atoms with Gasteiger partial charge in [0.2, 0.25) is 0 Å². The van der Waals surface area contributed by atoms with Gasteiger partial charge in [-0.25, -0.2) is 0 Å². The zero-order valence-electron chi connectivity index (χ0n) is 7.44. The molecule has 0 heterocycles. The fourth-order valence-corrected chi connectivity index (χ4v) is 1.48. The lowest BCUT2D eigenvalue weighted by Gasteiger charge is -2.04. The van der Waals surface area contributed by atoms with Gasteiger partial charge in [-0.2, -0.15) is 13.2 Å². The summed E-state index contributed by atoms with van der Waals surface area (Å²) < 4.78 is 35.9. The molecule has 0 fully saturated rings. The standard InChI is InChI=1S/C10H6ClF3S/c11-7-1-2-8-3-5-9(6-4-8)15-10(12,13)14/h3-6H,7H2. The second kappa shape index (κ2) is 5.34. The Hall–Kier alpha value is -0.790. The van der Waals surface area contributed by atoms with Gasteiger partial charge in [0, 0.05) is 10.5 Å². The van der Waals surface area contributed by atoms with Gasteiger partial charge in [0.15, 0.2) is 0 Å². The first-order valence-electron chi connectivity index (χ1n) is 3.92. The molecule has 0 saturated carbocycles. The van der Waals surface area contributed by atoms with E-state index >= 15 is 0 Å². The van der Waals surface area contributed by atoms with Gasteiger partial charge in [0.05, 0.1) is 5.88 Å². The van der Waals surface area contributed by atoms with Crippen molar-refractivity contribution in [1.82, 2.24) is 0 Å². The molecule has 1 aromatic carbocycles. The van der Waals surface area contributed by atoms with Crippen molar-refractivity contribution in [2.24, 2.45) is 0 Å². The van der Waals surface area contributed by atoms with Crippen LogP contribution in [-0.4, -0.2) is 11.4 Å². The van der Waals surface area contributed by atoms with Crippen LogP contribution < -0.4 is 0 Å². The molecule has 0 aliphatic carbocycles. The lowest BCUT2D eigenvalue weighted by molar-refractivity contribution is -0.0328. The van der Waals surface area contributed by atoms with E-state index in [1.807, 2.05) is 0 Å². The molecule has 15 heavy (non-hydrogen) atoms. The van der Waals surface area contributed by atoms with Gasteiger partial charge in [-0.3, -0.25) is 0 Å². The maximum absolute atomic E-state index is 12.0. The number of alkyl halides is 4. The lowest BCUT2D eigenvalue weighted by atomic mass is 10.2. The van der Waals surface area contributed by atoms with Crippen LogP contribution in [0.3, 0.4) is 0 Å². The molecule has 80 valence electrons. The summed E-state index contributed by atoms with van der Waals surface area (Å²) in [7, 11) is 0. The third-order valence-electron chi connectivity index (χ3n) is 1.39. The molecule has 0 aromatic heterocycles. The van der Waals surface area contributed by atoms with Crippen LogP contribution in [0.5, 0.6) is 0 Å². The van der Waals surface area contributed by atoms with Crippen molar-refractivity contribution >= 4 is 23.4 Å². The topological polar surface area (TPSA) is 0 Å². The van der Waals surface area contributed by atoms with Gasteiger partial charge in [0.1, 0.15) is 0 Å². The Kier molecular flexibility index (Phi) is 4.37. The van der Waals surface area contributed by atoms with E-state index in [0.29, 0.717) is 5.56 Å². The SMILES string of the molecule is FC(F)(F)Sc1ccc(C#CCCl)cc1. The smallest absolute Gasteiger partial charge is 0.160 e. The van der Waals surface area contributed by atoms with E-state index < -0.39 is 5.51 Å². The van der Waals surface area contributed by atoms with E-state index in [2.05, 4.69) is 11.8 Å². The van der Waals surface area contributed by atoms with E-state index in [1.165, 1.54) is 24.3 Å². The number of halogens is 4. The number of hydrogen-bond acceptors (Lipinski definition) is 1. The van der Waals surface area contributed by atoms with Crippen LogP contribution in [0.1, 0.15) is 5.56 Å². The molecule has 0 bridgehead atoms. The number of hydrogen-bond donors (Lipinski definition) is 0. The fraction of sp³-hybridized carbons (Fsp3) is 0.200. The summed E-state index contributed by atoms with van der Waals surface area (Å²) in [5.41, 5.74) is -3.59. The van der Waals surface area contributed by atoms with Gasteiger partial charge < -0.3 is 0 Å². The van der Waals surface area contributed by atoms with Crippen LogP contribution in [0.4, 0.5) is 13.2 Å². The summed E-state index contributed by atoms with van der Waals surface area (Å²) in [4.78, 5) is 0.152. The molecule has 0 aliphatic heterocycles. The third-order valence-corrected chi connectivity index (χ3v) is 2.26. The lowest BCUT2D eigenvalue weighted by Crippen LogP contribution is -1.98. The van der Waals surface area contributed by atoms with E-state index in [9.17, 15) is 13.2 Å². The van der Waals surface area contributed by atoms with Crippen LogP contribution in [-0.2, 0) is 0 Å². The summed E-state index contributed by atoms with van der Waals surface area (Å²) in [5.74, 6) is 5.54. The monoisotopic (exact) mass is 250 g/mol. The van der Waals surface area contributed by atoms with E-state index in [0.717, 1.165) is 0 Å². The highest BCUT2D eigenvalue weighted by molar-refractivity contribution is 8.00. The minimum absolute atomic E-state index is 0.141. The molecule has 0 spiro atoms. The van der Waals surface area contributed by atoms with Crippen molar-refractivity contribution in [3.05, 3.63) is 29.8 Å². The van der Waals surface area contributed by atoms with Crippen molar-refractivity contribution < 1.29 is 13.2 Å². The number of thioether (sulfide) groups is 1. The molecule has 0 aliphatic rings. The minimum atomic E-state index is -4.25. The van der Waals surface area contributed by atoms with Gasteiger partial charge in [-0.1, -0.05) is 11.8 Å². The zero-order chi connectivity index (χ0) is 11.3. The molecule has 1 rings (SSSR count). The van der Waals surface area contributed by atoms with Crippen molar-refractivity contribution in [3.63, 3.8) is 0 Å². The summed E-state index contributed by atoms with van der Waals surface area (Å²) in [6.07, 6.45) is 0. The Morgan fingerprint density at radius 1 is 1.20 bits per heavy atom. The molecule has 0 N–H and O–H groups in total. The fourth-order valence-electron chi connectivity index (χ4n) is 0.875. The molecular formula is C10H6ClF3S. The van der Waals surface area contributed by atoms with Crippen molar-refractivity contribution in [1.29, 1.82) is 0 Å². The van der Waals surface area contributed by atoms with E-state index in [1.54, 1.807) is 0 Å². The van der Waals surface area contributed by atoms with Crippen molar-refractivity contribution in [2.45, 2.75) is 10.4 Å². The molecule has 0 saturated heterocycles. The van der Waals surface area contributed by atoms with Gasteiger partial charge in [-0.05, 0) is 36.0 Å². The minimum Gasteiger partial charge on any atom is -0.160 e. The van der Waals surface area contributed by atoms with Gasteiger partial charge in [-0.15, -0.1) is 11.6 Å². The summed E-state index contributed by atoms with van der Waals surface area (Å²) in [6, 6.07) is 5.84. The second-order valence-electron chi connectivity index (χ2n) is 2.51. The van der Waals surface area contributed by atoms with Gasteiger partial charge >= 0.3 is 5.51 Å². The Morgan fingerprint density at radius 2 is 1.80 bits per heavy atom. The van der Waals surface area contributed by atoms with Crippen LogP contribution in [0.2, 0.25) is 0 Å². The quantitative estimate of drug-likeness (QED) is 0.414. The van der Waals surface area contributed by atoms with Crippen LogP contribution in [0.25, 0.3) is 0 Å². The van der Waals surface area contributed by atoms with Crippen molar-refractivity contribution in [3.8, 4) is 11.8 Å². The maximum atomic E-state index is 12.0. The van der Waals surface area contributed by atoms with E-state index in [-0.39, 0.29) is 22.5 Å². The highest BCUT2D eigenvalue weighted by Crippen LogP contribution is 2.36. The number of rotatable bonds is 1. The summed E-state index contributed by atoms with van der Waals surface area (Å²) >= 11 is 5.20. The molecule has 0 unspecified atom stereocenters. The summed E-state index contributed by atoms with van der Waals surface area (Å²) in [5, 5.41) is 0. The largest absolute Gasteiger partial charge is 0.446 e. The Morgan fingerprint density at radius 3 is 2.27 bits per heavy atom. The average Bonchev–Trinajstić information content (AvgIpc) is 2.14. The zero-order valence-corrected chi connectivity index (χ0v) is 9.01. The van der Waals surface area contributed by atoms with Crippen LogP contribution in [0, 0.1) is 11.8 Å². The second-order valence-corrected chi connectivity index (χ2v) is 3.91. The first-order valence-corrected chi connectivity index (χ1v) is 5.27. The van der Waals surface area contributed by atoms with Gasteiger partial charge in [0.25, 0.3) is 0 Å². The summed E-state index contributed by atoms with van der Waals surface area (Å²) in [6.45, 7) is 0. The Labute approximate surface area is 94.8 Å². The normalized spacial score (nSPS) is 10.7. The maximum Gasteiger partial charge on any atom is 0.446 e. The van der Waals surface area contributed by atoms with Crippen LogP contribution in [0.15, 0.2) is 29.2 Å². The average molecular weight is 251 g/mol. The molecule has 0 atom stereocenters. The first-order chi connectivity index (χ1) is 7.01. The third kappa shape index (κ3) is 5.01. The molecule has 5 heteroatoms. The molecule has 0 amide bonds. The first kappa shape index (κ1) is 12.3.